The fraction of sp³-hybridized carbons (Fsp3) is 0.818. The van der Waals surface area contributed by atoms with Crippen LogP contribution in [0.25, 0.3) is 0 Å². The van der Waals surface area contributed by atoms with E-state index in [2.05, 4.69) is 0 Å². The molecule has 0 spiro atoms. The Morgan fingerprint density at radius 1 is 1.50 bits per heavy atom. The van der Waals surface area contributed by atoms with Gasteiger partial charge in [-0.2, -0.15) is 0 Å². The normalized spacial score (nSPS) is 20.2. The molecular weight excluding hydrogens is 210 g/mol. The summed E-state index contributed by atoms with van der Waals surface area (Å²) >= 11 is 0. The monoisotopic (exact) mass is 229 g/mol. The second kappa shape index (κ2) is 5.72. The van der Waals surface area contributed by atoms with Gasteiger partial charge >= 0.3 is 12.1 Å². The number of ether oxygens (including phenoxy) is 1. The van der Waals surface area contributed by atoms with Gasteiger partial charge in [-0.3, -0.25) is 4.79 Å². The quantitative estimate of drug-likeness (QED) is 0.794. The van der Waals surface area contributed by atoms with E-state index in [4.69, 9.17) is 9.84 Å². The summed E-state index contributed by atoms with van der Waals surface area (Å²) in [4.78, 5) is 23.6. The molecule has 1 N–H and O–H groups in total. The van der Waals surface area contributed by atoms with Gasteiger partial charge in [0.2, 0.25) is 0 Å². The van der Waals surface area contributed by atoms with Crippen LogP contribution in [0.3, 0.4) is 0 Å². The first-order valence-corrected chi connectivity index (χ1v) is 5.62. The Morgan fingerprint density at radius 2 is 2.19 bits per heavy atom. The van der Waals surface area contributed by atoms with Gasteiger partial charge in [0.15, 0.2) is 0 Å². The van der Waals surface area contributed by atoms with Gasteiger partial charge in [-0.05, 0) is 18.3 Å². The van der Waals surface area contributed by atoms with E-state index in [9.17, 15) is 9.59 Å². The predicted molar refractivity (Wildman–Crippen MR) is 58.1 cm³/mol. The van der Waals surface area contributed by atoms with Crippen LogP contribution in [0.4, 0.5) is 4.79 Å². The van der Waals surface area contributed by atoms with E-state index >= 15 is 0 Å². The lowest BCUT2D eigenvalue weighted by Crippen LogP contribution is -2.30. The van der Waals surface area contributed by atoms with Gasteiger partial charge in [0, 0.05) is 19.5 Å². The minimum atomic E-state index is -0.803. The van der Waals surface area contributed by atoms with Crippen molar-refractivity contribution in [3.05, 3.63) is 0 Å². The molecule has 1 amide bonds. The van der Waals surface area contributed by atoms with Crippen molar-refractivity contribution in [1.29, 1.82) is 0 Å². The molecule has 0 bridgehead atoms. The first-order chi connectivity index (χ1) is 7.49. The number of carboxylic acids is 1. The van der Waals surface area contributed by atoms with Crippen LogP contribution in [-0.2, 0) is 9.53 Å². The summed E-state index contributed by atoms with van der Waals surface area (Å²) in [6.45, 7) is 5.48. The van der Waals surface area contributed by atoms with Crippen molar-refractivity contribution in [2.45, 2.75) is 26.7 Å². The molecule has 0 aliphatic carbocycles. The van der Waals surface area contributed by atoms with E-state index in [-0.39, 0.29) is 18.4 Å². The second-order valence-corrected chi connectivity index (χ2v) is 4.67. The van der Waals surface area contributed by atoms with E-state index < -0.39 is 5.97 Å². The molecule has 92 valence electrons. The van der Waals surface area contributed by atoms with Crippen LogP contribution in [0.2, 0.25) is 0 Å². The summed E-state index contributed by atoms with van der Waals surface area (Å²) in [6, 6.07) is 0. The van der Waals surface area contributed by atoms with Crippen molar-refractivity contribution in [3.8, 4) is 0 Å². The van der Waals surface area contributed by atoms with Gasteiger partial charge in [-0.25, -0.2) is 4.79 Å². The maximum atomic E-state index is 11.5. The molecule has 1 aliphatic heterocycles. The number of aliphatic carboxylic acids is 1. The van der Waals surface area contributed by atoms with Crippen LogP contribution in [0.1, 0.15) is 26.7 Å². The Kier molecular flexibility index (Phi) is 4.58. The molecular formula is C11H19NO4. The van der Waals surface area contributed by atoms with Crippen LogP contribution < -0.4 is 0 Å². The topological polar surface area (TPSA) is 66.8 Å². The zero-order valence-electron chi connectivity index (χ0n) is 9.81. The lowest BCUT2D eigenvalue weighted by atomic mass is 10.1. The number of nitrogens with zero attached hydrogens (tertiary/aromatic N) is 1. The standard InChI is InChI=1S/C11H19NO4/c1-8(2)7-16-11(15)12-4-3-9(6-12)5-10(13)14/h8-9H,3-7H2,1-2H3,(H,13,14)/t9-/m1/s1. The Balaban J connectivity index is 2.29. The lowest BCUT2D eigenvalue weighted by Gasteiger charge is -2.16. The summed E-state index contributed by atoms with van der Waals surface area (Å²) in [5.41, 5.74) is 0. The molecule has 0 aromatic heterocycles. The van der Waals surface area contributed by atoms with Crippen molar-refractivity contribution in [2.75, 3.05) is 19.7 Å². The van der Waals surface area contributed by atoms with Crippen LogP contribution in [-0.4, -0.2) is 41.8 Å². The number of likely N-dealkylation sites (tertiary alicyclic amines) is 1. The second-order valence-electron chi connectivity index (χ2n) is 4.67. The van der Waals surface area contributed by atoms with E-state index in [1.807, 2.05) is 13.8 Å². The van der Waals surface area contributed by atoms with Crippen molar-refractivity contribution in [3.63, 3.8) is 0 Å². The summed E-state index contributed by atoms with van der Waals surface area (Å²) in [7, 11) is 0. The zero-order valence-corrected chi connectivity index (χ0v) is 9.81. The number of hydrogen-bond donors (Lipinski definition) is 1. The van der Waals surface area contributed by atoms with E-state index in [0.29, 0.717) is 25.6 Å². The number of rotatable bonds is 4. The molecule has 1 atom stereocenters. The van der Waals surface area contributed by atoms with Gasteiger partial charge in [-0.1, -0.05) is 13.8 Å². The summed E-state index contributed by atoms with van der Waals surface area (Å²) < 4.78 is 5.08. The Morgan fingerprint density at radius 3 is 2.75 bits per heavy atom. The first-order valence-electron chi connectivity index (χ1n) is 5.62. The third-order valence-corrected chi connectivity index (χ3v) is 2.55. The molecule has 0 saturated carbocycles. The Bertz CT molecular complexity index is 265. The van der Waals surface area contributed by atoms with E-state index in [1.165, 1.54) is 0 Å². The number of carbonyl (C=O) groups is 2. The predicted octanol–water partition coefficient (Wildman–Crippen LogP) is 1.58. The number of amides is 1. The first kappa shape index (κ1) is 12.8. The molecule has 5 heteroatoms. The zero-order chi connectivity index (χ0) is 12.1. The molecule has 16 heavy (non-hydrogen) atoms. The number of hydrogen-bond acceptors (Lipinski definition) is 3. The van der Waals surface area contributed by atoms with Crippen molar-refractivity contribution < 1.29 is 19.4 Å². The summed E-state index contributed by atoms with van der Waals surface area (Å²) in [5.74, 6) is -0.409. The molecule has 0 aromatic carbocycles. The molecule has 1 aliphatic rings. The van der Waals surface area contributed by atoms with Crippen LogP contribution in [0, 0.1) is 11.8 Å². The van der Waals surface area contributed by atoms with Gasteiger partial charge in [0.1, 0.15) is 0 Å². The molecule has 0 aromatic rings. The van der Waals surface area contributed by atoms with Crippen LogP contribution in [0.15, 0.2) is 0 Å². The number of carboxylic acid groups (broad SMARTS) is 1. The third kappa shape index (κ3) is 4.08. The van der Waals surface area contributed by atoms with Crippen LogP contribution in [0.5, 0.6) is 0 Å². The fourth-order valence-corrected chi connectivity index (χ4v) is 1.74. The van der Waals surface area contributed by atoms with E-state index in [0.717, 1.165) is 6.42 Å². The van der Waals surface area contributed by atoms with Gasteiger partial charge in [0.25, 0.3) is 0 Å². The average molecular weight is 229 g/mol. The highest BCUT2D eigenvalue weighted by Crippen LogP contribution is 2.20. The minimum Gasteiger partial charge on any atom is -0.481 e. The fourth-order valence-electron chi connectivity index (χ4n) is 1.74. The number of carbonyl (C=O) groups excluding carboxylic acids is 1. The van der Waals surface area contributed by atoms with E-state index in [1.54, 1.807) is 4.90 Å². The van der Waals surface area contributed by atoms with Crippen molar-refractivity contribution in [2.24, 2.45) is 11.8 Å². The molecule has 1 saturated heterocycles. The summed E-state index contributed by atoms with van der Waals surface area (Å²) in [5, 5.41) is 8.64. The highest BCUT2D eigenvalue weighted by atomic mass is 16.6. The summed E-state index contributed by atoms with van der Waals surface area (Å²) in [6.07, 6.45) is 0.568. The van der Waals surface area contributed by atoms with Crippen molar-refractivity contribution in [1.82, 2.24) is 4.90 Å². The van der Waals surface area contributed by atoms with Crippen LogP contribution >= 0.6 is 0 Å². The average Bonchev–Trinajstić information content (AvgIpc) is 2.61. The Labute approximate surface area is 95.4 Å². The SMILES string of the molecule is CC(C)COC(=O)N1CC[C@H](CC(=O)O)C1. The maximum absolute atomic E-state index is 11.5. The molecule has 1 fully saturated rings. The minimum absolute atomic E-state index is 0.0732. The highest BCUT2D eigenvalue weighted by molar-refractivity contribution is 5.69. The van der Waals surface area contributed by atoms with Gasteiger partial charge in [0.05, 0.1) is 6.61 Å². The third-order valence-electron chi connectivity index (χ3n) is 2.55. The smallest absolute Gasteiger partial charge is 0.409 e. The molecule has 1 rings (SSSR count). The van der Waals surface area contributed by atoms with Gasteiger partial charge < -0.3 is 14.7 Å². The Hall–Kier alpha value is -1.26. The molecule has 5 nitrogen and oxygen atoms in total. The highest BCUT2D eigenvalue weighted by Gasteiger charge is 2.28. The largest absolute Gasteiger partial charge is 0.481 e. The molecule has 0 radical (unpaired) electrons. The molecule has 1 heterocycles. The maximum Gasteiger partial charge on any atom is 0.409 e. The van der Waals surface area contributed by atoms with Gasteiger partial charge in [-0.15, -0.1) is 0 Å². The molecule has 0 unspecified atom stereocenters. The van der Waals surface area contributed by atoms with Crippen molar-refractivity contribution >= 4 is 12.1 Å². The lowest BCUT2D eigenvalue weighted by molar-refractivity contribution is -0.138.